The number of thiophene rings is 1. The molecule has 1 aliphatic rings. The highest BCUT2D eigenvalue weighted by Gasteiger charge is 2.32. The van der Waals surface area contributed by atoms with E-state index in [1.54, 1.807) is 48.7 Å². The third-order valence-corrected chi connectivity index (χ3v) is 5.88. The highest BCUT2D eigenvalue weighted by molar-refractivity contribution is 7.12. The number of anilines is 1. The Morgan fingerprint density at radius 1 is 1.19 bits per heavy atom. The summed E-state index contributed by atoms with van der Waals surface area (Å²) >= 11 is 1.32. The Hall–Kier alpha value is -3.33. The molecule has 4 rings (SSSR count). The van der Waals surface area contributed by atoms with E-state index in [9.17, 15) is 22.8 Å². The van der Waals surface area contributed by atoms with Crippen molar-refractivity contribution in [3.63, 3.8) is 0 Å². The summed E-state index contributed by atoms with van der Waals surface area (Å²) in [5.74, 6) is -0.0888. The Balaban J connectivity index is 1.58. The van der Waals surface area contributed by atoms with E-state index in [2.05, 4.69) is 5.32 Å². The van der Waals surface area contributed by atoms with Crippen molar-refractivity contribution in [2.45, 2.75) is 32.3 Å². The van der Waals surface area contributed by atoms with Crippen LogP contribution in [0.25, 0.3) is 0 Å². The fraction of sp³-hybridized carbons (Fsp3) is 0.217. The molecule has 2 aromatic carbocycles. The largest absolute Gasteiger partial charge is 0.481 e. The number of nitrogens with zero attached hydrogens (tertiary/aromatic N) is 1. The van der Waals surface area contributed by atoms with Crippen LogP contribution in [0.4, 0.5) is 18.9 Å². The zero-order valence-corrected chi connectivity index (χ0v) is 17.8. The smallest absolute Gasteiger partial charge is 0.416 e. The predicted molar refractivity (Wildman–Crippen MR) is 115 cm³/mol. The molecule has 166 valence electrons. The lowest BCUT2D eigenvalue weighted by atomic mass is 10.1. The molecule has 0 saturated heterocycles. The van der Waals surface area contributed by atoms with Gasteiger partial charge >= 0.3 is 6.18 Å². The Kier molecular flexibility index (Phi) is 5.92. The van der Waals surface area contributed by atoms with E-state index in [4.69, 9.17) is 4.74 Å². The predicted octanol–water partition coefficient (Wildman–Crippen LogP) is 5.33. The molecule has 1 aromatic heterocycles. The average Bonchev–Trinajstić information content (AvgIpc) is 3.26. The number of ether oxygens (including phenoxy) is 1. The molecule has 1 aliphatic heterocycles. The van der Waals surface area contributed by atoms with Crippen LogP contribution in [0.3, 0.4) is 0 Å². The molecule has 0 saturated carbocycles. The maximum atomic E-state index is 13.1. The summed E-state index contributed by atoms with van der Waals surface area (Å²) in [7, 11) is 0. The molecule has 3 aromatic rings. The van der Waals surface area contributed by atoms with Gasteiger partial charge in [0.2, 0.25) is 0 Å². The van der Waals surface area contributed by atoms with Gasteiger partial charge in [0.25, 0.3) is 11.8 Å². The first-order chi connectivity index (χ1) is 15.2. The second-order valence-electron chi connectivity index (χ2n) is 7.41. The minimum atomic E-state index is -4.46. The molecule has 0 radical (unpaired) electrons. The number of amides is 2. The first kappa shape index (κ1) is 21.9. The molecule has 1 unspecified atom stereocenters. The molecule has 0 spiro atoms. The van der Waals surface area contributed by atoms with Crippen molar-refractivity contribution in [1.29, 1.82) is 0 Å². The molecule has 0 bridgehead atoms. The van der Waals surface area contributed by atoms with Crippen LogP contribution in [-0.2, 0) is 24.1 Å². The zero-order valence-electron chi connectivity index (χ0n) is 17.0. The van der Waals surface area contributed by atoms with Crippen LogP contribution >= 0.6 is 11.3 Å². The minimum absolute atomic E-state index is 0.00166. The van der Waals surface area contributed by atoms with Gasteiger partial charge in [0, 0.05) is 24.3 Å². The summed E-state index contributed by atoms with van der Waals surface area (Å²) in [4.78, 5) is 27.2. The summed E-state index contributed by atoms with van der Waals surface area (Å²) in [5, 5.41) is 4.62. The lowest BCUT2D eigenvalue weighted by Gasteiger charge is -2.22. The number of carbonyl (C=O) groups is 2. The Morgan fingerprint density at radius 3 is 2.72 bits per heavy atom. The molecule has 32 heavy (non-hydrogen) atoms. The molecular formula is C23H19F3N2O3S. The summed E-state index contributed by atoms with van der Waals surface area (Å²) in [6, 6.07) is 13.5. The topological polar surface area (TPSA) is 58.6 Å². The number of benzene rings is 2. The van der Waals surface area contributed by atoms with Gasteiger partial charge in [0.1, 0.15) is 5.75 Å². The lowest BCUT2D eigenvalue weighted by Crippen LogP contribution is -2.37. The quantitative estimate of drug-likeness (QED) is 0.573. The van der Waals surface area contributed by atoms with Crippen molar-refractivity contribution in [1.82, 2.24) is 4.90 Å². The molecule has 0 aliphatic carbocycles. The molecule has 9 heteroatoms. The fourth-order valence-electron chi connectivity index (χ4n) is 3.48. The molecule has 1 N–H and O–H groups in total. The van der Waals surface area contributed by atoms with Gasteiger partial charge in [-0.2, -0.15) is 13.2 Å². The maximum absolute atomic E-state index is 13.1. The van der Waals surface area contributed by atoms with Crippen LogP contribution in [0.15, 0.2) is 60.0 Å². The Bertz CT molecular complexity index is 1150. The average molecular weight is 460 g/mol. The monoisotopic (exact) mass is 460 g/mol. The second kappa shape index (κ2) is 8.66. The van der Waals surface area contributed by atoms with Crippen LogP contribution in [0, 0.1) is 0 Å². The lowest BCUT2D eigenvalue weighted by molar-refractivity contribution is -0.138. The van der Waals surface area contributed by atoms with Gasteiger partial charge in [-0.3, -0.25) is 9.59 Å². The molecule has 5 nitrogen and oxygen atoms in total. The minimum Gasteiger partial charge on any atom is -0.481 e. The maximum Gasteiger partial charge on any atom is 0.416 e. The van der Waals surface area contributed by atoms with Crippen LogP contribution in [0.2, 0.25) is 0 Å². The van der Waals surface area contributed by atoms with Crippen LogP contribution in [-0.4, -0.2) is 22.8 Å². The van der Waals surface area contributed by atoms with Crippen molar-refractivity contribution >= 4 is 28.8 Å². The highest BCUT2D eigenvalue weighted by atomic mass is 32.1. The van der Waals surface area contributed by atoms with Crippen molar-refractivity contribution < 1.29 is 27.5 Å². The van der Waals surface area contributed by atoms with E-state index < -0.39 is 17.8 Å². The van der Waals surface area contributed by atoms with Gasteiger partial charge in [-0.15, -0.1) is 11.3 Å². The van der Waals surface area contributed by atoms with E-state index in [1.165, 1.54) is 22.3 Å². The summed E-state index contributed by atoms with van der Waals surface area (Å²) in [6.45, 7) is 1.74. The number of carbonyl (C=O) groups excluding carboxylic acids is 2. The van der Waals surface area contributed by atoms with Gasteiger partial charge in [-0.1, -0.05) is 18.2 Å². The van der Waals surface area contributed by atoms with Crippen molar-refractivity contribution in [3.8, 4) is 5.75 Å². The van der Waals surface area contributed by atoms with Gasteiger partial charge in [-0.05, 0) is 54.3 Å². The van der Waals surface area contributed by atoms with E-state index in [0.717, 1.165) is 12.1 Å². The summed E-state index contributed by atoms with van der Waals surface area (Å²) in [5.41, 5.74) is 0.789. The number of alkyl halides is 3. The number of halogens is 3. The Labute approximate surface area is 186 Å². The third-order valence-electron chi connectivity index (χ3n) is 5.02. The number of fused-ring (bicyclic) bond motifs is 1. The summed E-state index contributed by atoms with van der Waals surface area (Å²) in [6.07, 6.45) is -5.26. The van der Waals surface area contributed by atoms with Gasteiger partial charge in [0.05, 0.1) is 10.4 Å². The SMILES string of the molecule is CC1Oc2ccc(NC(=O)c3cccs3)cc2CN(Cc2cccc(C(F)(F)F)c2)C1=O. The summed E-state index contributed by atoms with van der Waals surface area (Å²) < 4.78 is 45.0. The highest BCUT2D eigenvalue weighted by Crippen LogP contribution is 2.32. The van der Waals surface area contributed by atoms with Gasteiger partial charge < -0.3 is 15.0 Å². The molecule has 2 amide bonds. The van der Waals surface area contributed by atoms with Crippen LogP contribution in [0.1, 0.15) is 33.3 Å². The van der Waals surface area contributed by atoms with E-state index >= 15 is 0 Å². The van der Waals surface area contributed by atoms with E-state index in [0.29, 0.717) is 27.4 Å². The normalized spacial score (nSPS) is 16.2. The first-order valence-electron chi connectivity index (χ1n) is 9.80. The Morgan fingerprint density at radius 2 is 2.00 bits per heavy atom. The molecule has 1 atom stereocenters. The third kappa shape index (κ3) is 4.77. The molecule has 2 heterocycles. The van der Waals surface area contributed by atoms with Crippen LogP contribution in [0.5, 0.6) is 5.75 Å². The van der Waals surface area contributed by atoms with E-state index in [-0.39, 0.29) is 24.9 Å². The van der Waals surface area contributed by atoms with Crippen molar-refractivity contribution in [3.05, 3.63) is 81.5 Å². The second-order valence-corrected chi connectivity index (χ2v) is 8.35. The standard InChI is InChI=1S/C23H19F3N2O3S/c1-14-22(30)28(12-15-4-2-5-17(10-15)23(24,25)26)13-16-11-18(7-8-19(16)31-14)27-21(29)20-6-3-9-32-20/h2-11,14H,12-13H2,1H3,(H,27,29). The molecule has 0 fully saturated rings. The first-order valence-corrected chi connectivity index (χ1v) is 10.7. The number of rotatable bonds is 4. The van der Waals surface area contributed by atoms with Crippen molar-refractivity contribution in [2.75, 3.05) is 5.32 Å². The zero-order chi connectivity index (χ0) is 22.9. The molecular weight excluding hydrogens is 441 g/mol. The van der Waals surface area contributed by atoms with Gasteiger partial charge in [0.15, 0.2) is 6.10 Å². The fourth-order valence-corrected chi connectivity index (χ4v) is 4.10. The number of hydrogen-bond donors (Lipinski definition) is 1. The van der Waals surface area contributed by atoms with Crippen LogP contribution < -0.4 is 10.1 Å². The van der Waals surface area contributed by atoms with Crippen molar-refractivity contribution in [2.24, 2.45) is 0 Å². The van der Waals surface area contributed by atoms with Gasteiger partial charge in [-0.25, -0.2) is 0 Å². The number of nitrogens with one attached hydrogen (secondary N) is 1. The number of hydrogen-bond acceptors (Lipinski definition) is 4. The van der Waals surface area contributed by atoms with E-state index in [1.807, 2.05) is 0 Å².